The van der Waals surface area contributed by atoms with Crippen LogP contribution in [0.2, 0.25) is 0 Å². The monoisotopic (exact) mass is 464 g/mol. The number of fused-ring (bicyclic) bond motifs is 3. The second-order valence-corrected chi connectivity index (χ2v) is 10.4. The van der Waals surface area contributed by atoms with E-state index >= 15 is 0 Å². The zero-order valence-corrected chi connectivity index (χ0v) is 19.5. The molecule has 1 aromatic heterocycles. The van der Waals surface area contributed by atoms with Gasteiger partial charge in [0.25, 0.3) is 0 Å². The average molecular weight is 463 g/mol. The van der Waals surface area contributed by atoms with Crippen LogP contribution in [0.1, 0.15) is 33.4 Å². The molecule has 0 amide bonds. The topological polar surface area (TPSA) is 0 Å². The second kappa shape index (κ2) is 8.55. The molecule has 5 aromatic rings. The van der Waals surface area contributed by atoms with Gasteiger partial charge in [-0.3, -0.25) is 0 Å². The molecule has 0 aliphatic carbocycles. The van der Waals surface area contributed by atoms with E-state index in [0.29, 0.717) is 14.5 Å². The van der Waals surface area contributed by atoms with E-state index in [1.165, 1.54) is 52.7 Å². The summed E-state index contributed by atoms with van der Waals surface area (Å²) in [6.07, 6.45) is 8.84. The summed E-state index contributed by atoms with van der Waals surface area (Å²) in [6, 6.07) is 31.1. The van der Waals surface area contributed by atoms with E-state index in [4.69, 9.17) is 0 Å². The van der Waals surface area contributed by atoms with Crippen molar-refractivity contribution in [2.45, 2.75) is 13.8 Å². The van der Waals surface area contributed by atoms with Gasteiger partial charge in [-0.05, 0) is 0 Å². The van der Waals surface area contributed by atoms with Crippen LogP contribution < -0.4 is 0 Å². The van der Waals surface area contributed by atoms with E-state index < -0.39 is 0 Å². The van der Waals surface area contributed by atoms with Crippen LogP contribution in [0.4, 0.5) is 0 Å². The van der Waals surface area contributed by atoms with E-state index in [-0.39, 0.29) is 0 Å². The summed E-state index contributed by atoms with van der Waals surface area (Å²) in [7, 11) is 0. The number of rotatable bonds is 4. The van der Waals surface area contributed by atoms with Crippen molar-refractivity contribution in [2.24, 2.45) is 0 Å². The third-order valence-electron chi connectivity index (χ3n) is 5.61. The minimum absolute atomic E-state index is 0.353. The first-order valence-corrected chi connectivity index (χ1v) is 12.3. The molecular formula is C30H24Se. The van der Waals surface area contributed by atoms with Gasteiger partial charge in [0.1, 0.15) is 0 Å². The number of benzene rings is 4. The summed E-state index contributed by atoms with van der Waals surface area (Å²) in [5.41, 5.74) is 7.61. The summed E-state index contributed by atoms with van der Waals surface area (Å²) < 4.78 is 2.96. The van der Waals surface area contributed by atoms with Crippen molar-refractivity contribution in [3.63, 3.8) is 0 Å². The first-order chi connectivity index (χ1) is 15.1. The van der Waals surface area contributed by atoms with Gasteiger partial charge in [0.05, 0.1) is 0 Å². The SMILES string of the molecule is Cc1ccc(/C=C/c2ccc3c(c2)[se]c2cc(/C=C/c4ccc(C)cc4)ccc23)cc1. The predicted octanol–water partition coefficient (Wildman–Crippen LogP) is 8.01. The van der Waals surface area contributed by atoms with Gasteiger partial charge in [0.2, 0.25) is 0 Å². The van der Waals surface area contributed by atoms with E-state index in [1.807, 2.05) is 0 Å². The molecule has 31 heavy (non-hydrogen) atoms. The third kappa shape index (κ3) is 4.49. The van der Waals surface area contributed by atoms with E-state index in [1.54, 1.807) is 0 Å². The van der Waals surface area contributed by atoms with Gasteiger partial charge in [0, 0.05) is 0 Å². The van der Waals surface area contributed by atoms with Crippen LogP contribution in [0.5, 0.6) is 0 Å². The Kier molecular flexibility index (Phi) is 5.47. The maximum absolute atomic E-state index is 2.36. The van der Waals surface area contributed by atoms with Crippen molar-refractivity contribution >= 4 is 58.1 Å². The normalized spacial score (nSPS) is 11.9. The fraction of sp³-hybridized carbons (Fsp3) is 0.0667. The van der Waals surface area contributed by atoms with Gasteiger partial charge < -0.3 is 0 Å². The molecule has 1 heterocycles. The maximum atomic E-state index is 2.36. The molecule has 0 radical (unpaired) electrons. The Morgan fingerprint density at radius 3 is 1.23 bits per heavy atom. The van der Waals surface area contributed by atoms with Crippen molar-refractivity contribution < 1.29 is 0 Å². The third-order valence-corrected chi connectivity index (χ3v) is 7.95. The van der Waals surface area contributed by atoms with Crippen LogP contribution in [0.25, 0.3) is 43.6 Å². The first kappa shape index (κ1) is 19.8. The van der Waals surface area contributed by atoms with Crippen LogP contribution in [0.3, 0.4) is 0 Å². The van der Waals surface area contributed by atoms with Crippen molar-refractivity contribution in [3.05, 3.63) is 118 Å². The Morgan fingerprint density at radius 2 is 0.806 bits per heavy atom. The molecular weight excluding hydrogens is 439 g/mol. The predicted molar refractivity (Wildman–Crippen MR) is 139 cm³/mol. The first-order valence-electron chi connectivity index (χ1n) is 10.6. The van der Waals surface area contributed by atoms with E-state index in [9.17, 15) is 0 Å². The molecule has 0 aliphatic rings. The van der Waals surface area contributed by atoms with Crippen LogP contribution in [-0.2, 0) is 0 Å². The fourth-order valence-electron chi connectivity index (χ4n) is 3.76. The standard InChI is InChI=1S/C30H24Se/c1-21-3-7-23(8-4-21)11-13-25-15-17-27-28-18-16-26(20-30(28)31-29(27)19-25)14-12-24-9-5-22(2)6-10-24/h3-20H,1-2H3/b13-11+,14-12+. The zero-order chi connectivity index (χ0) is 21.2. The Balaban J connectivity index is 1.43. The second-order valence-electron chi connectivity index (χ2n) is 8.10. The molecule has 0 saturated heterocycles. The number of hydrogen-bond acceptors (Lipinski definition) is 0. The summed E-state index contributed by atoms with van der Waals surface area (Å²) in [6.45, 7) is 4.24. The quantitative estimate of drug-likeness (QED) is 0.187. The van der Waals surface area contributed by atoms with Gasteiger partial charge >= 0.3 is 190 Å². The van der Waals surface area contributed by atoms with Crippen LogP contribution in [0.15, 0.2) is 84.9 Å². The van der Waals surface area contributed by atoms with Gasteiger partial charge in [0.15, 0.2) is 0 Å². The van der Waals surface area contributed by atoms with Gasteiger partial charge in [-0.15, -0.1) is 0 Å². The molecule has 0 spiro atoms. The molecule has 1 heteroatoms. The van der Waals surface area contributed by atoms with Gasteiger partial charge in [-0.1, -0.05) is 0 Å². The Hall–Kier alpha value is -3.12. The van der Waals surface area contributed by atoms with E-state index in [0.717, 1.165) is 0 Å². The Bertz CT molecular complexity index is 1300. The zero-order valence-electron chi connectivity index (χ0n) is 17.8. The number of aryl methyl sites for hydroxylation is 2. The van der Waals surface area contributed by atoms with Crippen LogP contribution in [-0.4, -0.2) is 14.5 Å². The van der Waals surface area contributed by atoms with Crippen molar-refractivity contribution in [1.82, 2.24) is 0 Å². The molecule has 0 N–H and O–H groups in total. The molecule has 0 bridgehead atoms. The van der Waals surface area contributed by atoms with Crippen LogP contribution in [0, 0.1) is 13.8 Å². The molecule has 0 fully saturated rings. The van der Waals surface area contributed by atoms with Gasteiger partial charge in [-0.2, -0.15) is 0 Å². The molecule has 0 aliphatic heterocycles. The summed E-state index contributed by atoms with van der Waals surface area (Å²) in [5, 5.41) is 2.80. The molecule has 150 valence electrons. The molecule has 0 nitrogen and oxygen atoms in total. The number of hydrogen-bond donors (Lipinski definition) is 0. The minimum atomic E-state index is 0.353. The molecule has 0 atom stereocenters. The molecule has 5 rings (SSSR count). The molecule has 0 saturated carbocycles. The van der Waals surface area contributed by atoms with Crippen molar-refractivity contribution in [3.8, 4) is 0 Å². The molecule has 0 unspecified atom stereocenters. The summed E-state index contributed by atoms with van der Waals surface area (Å²) >= 11 is 0.353. The fourth-order valence-corrected chi connectivity index (χ4v) is 6.28. The van der Waals surface area contributed by atoms with Crippen molar-refractivity contribution in [1.29, 1.82) is 0 Å². The summed E-state index contributed by atoms with van der Waals surface area (Å²) in [4.78, 5) is 0. The summed E-state index contributed by atoms with van der Waals surface area (Å²) in [5.74, 6) is 0. The van der Waals surface area contributed by atoms with Gasteiger partial charge in [-0.25, -0.2) is 0 Å². The van der Waals surface area contributed by atoms with E-state index in [2.05, 4.69) is 123 Å². The van der Waals surface area contributed by atoms with Crippen LogP contribution >= 0.6 is 0 Å². The Labute approximate surface area is 189 Å². The van der Waals surface area contributed by atoms with Crippen molar-refractivity contribution in [2.75, 3.05) is 0 Å². The molecule has 4 aromatic carbocycles. The Morgan fingerprint density at radius 1 is 0.452 bits per heavy atom. The average Bonchev–Trinajstić information content (AvgIpc) is 3.15.